The number of nitrogens with zero attached hydrogens (tertiary/aromatic N) is 1. The number of hydrogen-bond acceptors (Lipinski definition) is 5. The van der Waals surface area contributed by atoms with Gasteiger partial charge in [0, 0.05) is 4.91 Å². The maximum atomic E-state index is 12.5. The molecule has 1 heterocycles. The Balaban J connectivity index is 3.42. The van der Waals surface area contributed by atoms with Gasteiger partial charge >= 0.3 is 6.18 Å². The average Bonchev–Trinajstić information content (AvgIpc) is 2.11. The van der Waals surface area contributed by atoms with Crippen LogP contribution < -0.4 is 5.73 Å². The molecule has 0 fully saturated rings. The summed E-state index contributed by atoms with van der Waals surface area (Å²) in [5.41, 5.74) is 4.20. The van der Waals surface area contributed by atoms with Crippen LogP contribution in [0.15, 0.2) is 16.5 Å². The molecule has 19 heavy (non-hydrogen) atoms. The highest BCUT2D eigenvalue weighted by Gasteiger charge is 2.56. The molecular formula is C10H15F3N2O2S2. The van der Waals surface area contributed by atoms with E-state index >= 15 is 0 Å². The lowest BCUT2D eigenvalue weighted by molar-refractivity contribution is -0.136. The summed E-state index contributed by atoms with van der Waals surface area (Å²) in [4.78, 5) is 4.02. The number of hydrogen-bond donors (Lipinski definition) is 2. The number of aliphatic imine (C=N–C) groups is 1. The molecule has 0 unspecified atom stereocenters. The second kappa shape index (κ2) is 4.41. The Kier molecular flexibility index (Phi) is 3.79. The fraction of sp³-hybridized carbons (Fsp3) is 0.700. The number of halogens is 3. The van der Waals surface area contributed by atoms with Gasteiger partial charge in [0.15, 0.2) is 9.84 Å². The van der Waals surface area contributed by atoms with Crippen LogP contribution in [0.4, 0.5) is 13.2 Å². The molecule has 0 aromatic carbocycles. The molecule has 0 radical (unpaired) electrons. The molecule has 1 aliphatic rings. The third kappa shape index (κ3) is 2.91. The van der Waals surface area contributed by atoms with Crippen LogP contribution in [0, 0.1) is 0 Å². The Morgan fingerprint density at radius 1 is 1.53 bits per heavy atom. The van der Waals surface area contributed by atoms with E-state index < -0.39 is 44.3 Å². The number of rotatable bonds is 2. The molecule has 1 aliphatic heterocycles. The van der Waals surface area contributed by atoms with Crippen LogP contribution in [0.1, 0.15) is 20.3 Å². The highest BCUT2D eigenvalue weighted by atomic mass is 32.2. The first kappa shape index (κ1) is 16.4. The van der Waals surface area contributed by atoms with Gasteiger partial charge in [0.25, 0.3) is 0 Å². The van der Waals surface area contributed by atoms with Gasteiger partial charge in [-0.1, -0.05) is 6.58 Å². The first-order chi connectivity index (χ1) is 8.24. The van der Waals surface area contributed by atoms with Crippen molar-refractivity contribution in [2.45, 2.75) is 36.7 Å². The highest BCUT2D eigenvalue weighted by molar-refractivity contribution is 7.93. The molecule has 0 bridgehead atoms. The van der Waals surface area contributed by atoms with Crippen molar-refractivity contribution in [2.75, 3.05) is 5.75 Å². The minimum atomic E-state index is -4.66. The molecule has 9 heteroatoms. The monoisotopic (exact) mass is 316 g/mol. The fourth-order valence-corrected chi connectivity index (χ4v) is 4.12. The second-order valence-electron chi connectivity index (χ2n) is 5.00. The summed E-state index contributed by atoms with van der Waals surface area (Å²) in [5.74, 6) is -1.16. The molecule has 0 aromatic rings. The minimum absolute atomic E-state index is 0.132. The van der Waals surface area contributed by atoms with E-state index in [0.29, 0.717) is 0 Å². The quantitative estimate of drug-likeness (QED) is 0.762. The third-order valence-electron chi connectivity index (χ3n) is 3.23. The molecule has 0 saturated heterocycles. The topological polar surface area (TPSA) is 72.5 Å². The van der Waals surface area contributed by atoms with E-state index in [4.69, 9.17) is 5.73 Å². The van der Waals surface area contributed by atoms with Crippen LogP contribution in [0.25, 0.3) is 0 Å². The largest absolute Gasteiger partial charge is 0.391 e. The maximum Gasteiger partial charge on any atom is 0.391 e. The minimum Gasteiger partial charge on any atom is -0.386 e. The van der Waals surface area contributed by atoms with Gasteiger partial charge in [-0.15, -0.1) is 12.6 Å². The first-order valence-electron chi connectivity index (χ1n) is 5.27. The van der Waals surface area contributed by atoms with Crippen molar-refractivity contribution in [3.63, 3.8) is 0 Å². The van der Waals surface area contributed by atoms with E-state index in [1.807, 2.05) is 0 Å². The van der Waals surface area contributed by atoms with Crippen LogP contribution in [0.2, 0.25) is 0 Å². The van der Waals surface area contributed by atoms with E-state index in [0.717, 1.165) is 6.92 Å². The molecule has 4 nitrogen and oxygen atoms in total. The Hall–Kier alpha value is -0.700. The summed E-state index contributed by atoms with van der Waals surface area (Å²) in [7, 11) is -4.14. The zero-order valence-electron chi connectivity index (χ0n) is 10.5. The van der Waals surface area contributed by atoms with Gasteiger partial charge in [-0.05, 0) is 13.8 Å². The van der Waals surface area contributed by atoms with Crippen LogP contribution in [-0.4, -0.2) is 36.5 Å². The SMILES string of the molecule is C=C(S)[C@]1(C)CS(=O)(=O)[C@@](C)(CC(F)(F)F)C(N)=N1. The number of amidine groups is 1. The van der Waals surface area contributed by atoms with Gasteiger partial charge in [-0.3, -0.25) is 4.99 Å². The summed E-state index contributed by atoms with van der Waals surface area (Å²) in [6, 6.07) is 0. The summed E-state index contributed by atoms with van der Waals surface area (Å²) in [5, 5.41) is 0. The number of alkyl halides is 3. The van der Waals surface area contributed by atoms with Crippen molar-refractivity contribution < 1.29 is 21.6 Å². The molecule has 0 aromatic heterocycles. The summed E-state index contributed by atoms with van der Waals surface area (Å²) in [6.07, 6.45) is -6.22. The summed E-state index contributed by atoms with van der Waals surface area (Å²) >= 11 is 3.94. The standard InChI is InChI=1S/C10H15F3N2O2S2/c1-6(18)8(2)5-19(16,17)9(3,7(14)15-8)4-10(11,12)13/h18H,1,4-5H2,2-3H3,(H2,14,15)/t8-,9-/m0/s1. The number of nitrogens with two attached hydrogens (primary N) is 1. The molecule has 1 rings (SSSR count). The normalized spacial score (nSPS) is 34.7. The second-order valence-corrected chi connectivity index (χ2v) is 7.96. The molecule has 0 spiro atoms. The van der Waals surface area contributed by atoms with E-state index in [-0.39, 0.29) is 4.91 Å². The van der Waals surface area contributed by atoms with Crippen molar-refractivity contribution in [1.82, 2.24) is 0 Å². The van der Waals surface area contributed by atoms with Gasteiger partial charge in [0.05, 0.1) is 12.2 Å². The van der Waals surface area contributed by atoms with E-state index in [9.17, 15) is 21.6 Å². The maximum absolute atomic E-state index is 12.5. The molecule has 0 amide bonds. The first-order valence-corrected chi connectivity index (χ1v) is 7.37. The van der Waals surface area contributed by atoms with Gasteiger partial charge in [-0.2, -0.15) is 13.2 Å². The van der Waals surface area contributed by atoms with E-state index in [2.05, 4.69) is 24.2 Å². The van der Waals surface area contributed by atoms with E-state index in [1.165, 1.54) is 6.92 Å². The molecule has 0 aliphatic carbocycles. The van der Waals surface area contributed by atoms with Crippen molar-refractivity contribution in [2.24, 2.45) is 10.7 Å². The predicted molar refractivity (Wildman–Crippen MR) is 71.0 cm³/mol. The van der Waals surface area contributed by atoms with Crippen molar-refractivity contribution in [1.29, 1.82) is 0 Å². The number of thiol groups is 1. The predicted octanol–water partition coefficient (Wildman–Crippen LogP) is 1.69. The Morgan fingerprint density at radius 3 is 2.32 bits per heavy atom. The average molecular weight is 316 g/mol. The number of sulfone groups is 1. The van der Waals surface area contributed by atoms with Crippen LogP contribution in [-0.2, 0) is 9.84 Å². The third-order valence-corrected chi connectivity index (χ3v) is 6.38. The highest BCUT2D eigenvalue weighted by Crippen LogP contribution is 2.40. The molecular weight excluding hydrogens is 301 g/mol. The zero-order valence-corrected chi connectivity index (χ0v) is 12.2. The van der Waals surface area contributed by atoms with E-state index in [1.54, 1.807) is 0 Å². The Labute approximate surface area is 115 Å². The van der Waals surface area contributed by atoms with Gasteiger partial charge < -0.3 is 5.73 Å². The van der Waals surface area contributed by atoms with Gasteiger partial charge in [0.1, 0.15) is 16.1 Å². The zero-order chi connectivity index (χ0) is 15.3. The van der Waals surface area contributed by atoms with Crippen LogP contribution >= 0.6 is 12.6 Å². The molecule has 2 atom stereocenters. The van der Waals surface area contributed by atoms with Crippen LogP contribution in [0.3, 0.4) is 0 Å². The Bertz CT molecular complexity index is 541. The Morgan fingerprint density at radius 2 is 2.00 bits per heavy atom. The lowest BCUT2D eigenvalue weighted by atomic mass is 10.0. The lowest BCUT2D eigenvalue weighted by Crippen LogP contribution is -2.59. The molecule has 110 valence electrons. The lowest BCUT2D eigenvalue weighted by Gasteiger charge is -2.39. The smallest absolute Gasteiger partial charge is 0.386 e. The van der Waals surface area contributed by atoms with Crippen LogP contribution in [0.5, 0.6) is 0 Å². The van der Waals surface area contributed by atoms with Crippen molar-refractivity contribution in [3.8, 4) is 0 Å². The summed E-state index contributed by atoms with van der Waals surface area (Å²) < 4.78 is 59.7. The molecule has 2 N–H and O–H groups in total. The van der Waals surface area contributed by atoms with Gasteiger partial charge in [-0.25, -0.2) is 8.42 Å². The fourth-order valence-electron chi connectivity index (χ4n) is 1.84. The summed E-state index contributed by atoms with van der Waals surface area (Å²) in [6.45, 7) is 5.84. The van der Waals surface area contributed by atoms with Crippen molar-refractivity contribution >= 4 is 28.3 Å². The van der Waals surface area contributed by atoms with Crippen molar-refractivity contribution in [3.05, 3.63) is 11.5 Å². The molecule has 0 saturated carbocycles. The van der Waals surface area contributed by atoms with Gasteiger partial charge in [0.2, 0.25) is 0 Å².